The molecular weight excluding hydrogens is 476 g/mol. The standard InChI is InChI=1S/C23H23ClN6O3S/c1-28(2)11-12-33-19-13-17(29-10-4-3-5-22(29)31)6-7-18(19)30-15-16(26-27-30)14-25-23(32)20-8-9-21(24)34-20/h3-10,13,15H,11-12,14H2,1-2H3,(H,25,32). The summed E-state index contributed by atoms with van der Waals surface area (Å²) in [4.78, 5) is 27.1. The Labute approximate surface area is 205 Å². The lowest BCUT2D eigenvalue weighted by molar-refractivity contribution is 0.0954. The molecule has 1 N–H and O–H groups in total. The number of aromatic nitrogens is 4. The molecule has 0 saturated heterocycles. The van der Waals surface area contributed by atoms with Gasteiger partial charge in [0.2, 0.25) is 0 Å². The highest BCUT2D eigenvalue weighted by Gasteiger charge is 2.14. The second-order valence-corrected chi connectivity index (χ2v) is 9.37. The third-order valence-electron chi connectivity index (χ3n) is 4.85. The quantitative estimate of drug-likeness (QED) is 0.381. The number of rotatable bonds is 9. The molecule has 0 bridgehead atoms. The number of nitrogens with zero attached hydrogens (tertiary/aromatic N) is 5. The Morgan fingerprint density at radius 2 is 2.06 bits per heavy atom. The minimum Gasteiger partial charge on any atom is -0.490 e. The van der Waals surface area contributed by atoms with Gasteiger partial charge in [-0.05, 0) is 44.4 Å². The van der Waals surface area contributed by atoms with Gasteiger partial charge < -0.3 is 15.0 Å². The molecule has 176 valence electrons. The van der Waals surface area contributed by atoms with Crippen molar-refractivity contribution < 1.29 is 9.53 Å². The van der Waals surface area contributed by atoms with Crippen LogP contribution in [-0.4, -0.2) is 57.6 Å². The monoisotopic (exact) mass is 498 g/mol. The lowest BCUT2D eigenvalue weighted by Gasteiger charge is -2.15. The molecule has 0 aliphatic carbocycles. The van der Waals surface area contributed by atoms with Crippen molar-refractivity contribution in [2.75, 3.05) is 27.2 Å². The summed E-state index contributed by atoms with van der Waals surface area (Å²) in [6.45, 7) is 1.38. The van der Waals surface area contributed by atoms with Crippen molar-refractivity contribution in [3.63, 3.8) is 0 Å². The molecule has 0 fully saturated rings. The van der Waals surface area contributed by atoms with Crippen molar-refractivity contribution in [2.45, 2.75) is 6.54 Å². The van der Waals surface area contributed by atoms with Gasteiger partial charge in [0.25, 0.3) is 11.5 Å². The van der Waals surface area contributed by atoms with Gasteiger partial charge in [0.15, 0.2) is 0 Å². The molecule has 0 saturated carbocycles. The third-order valence-corrected chi connectivity index (χ3v) is 6.08. The van der Waals surface area contributed by atoms with Crippen LogP contribution < -0.4 is 15.6 Å². The second kappa shape index (κ2) is 10.6. The summed E-state index contributed by atoms with van der Waals surface area (Å²) >= 11 is 7.11. The zero-order valence-electron chi connectivity index (χ0n) is 18.6. The van der Waals surface area contributed by atoms with Crippen molar-refractivity contribution in [3.8, 4) is 17.1 Å². The van der Waals surface area contributed by atoms with E-state index >= 15 is 0 Å². The van der Waals surface area contributed by atoms with E-state index in [1.165, 1.54) is 17.4 Å². The number of nitrogens with one attached hydrogen (secondary N) is 1. The summed E-state index contributed by atoms with van der Waals surface area (Å²) in [5, 5.41) is 11.2. The first kappa shape index (κ1) is 23.7. The highest BCUT2D eigenvalue weighted by atomic mass is 35.5. The Balaban J connectivity index is 1.56. The zero-order chi connectivity index (χ0) is 24.1. The Morgan fingerprint density at radius 1 is 1.21 bits per heavy atom. The normalized spacial score (nSPS) is 11.1. The largest absolute Gasteiger partial charge is 0.490 e. The van der Waals surface area contributed by atoms with Crippen LogP contribution >= 0.6 is 22.9 Å². The van der Waals surface area contributed by atoms with Crippen molar-refractivity contribution in [2.24, 2.45) is 0 Å². The van der Waals surface area contributed by atoms with Crippen molar-refractivity contribution in [1.82, 2.24) is 29.8 Å². The van der Waals surface area contributed by atoms with Gasteiger partial charge in [-0.3, -0.25) is 14.2 Å². The maximum Gasteiger partial charge on any atom is 0.261 e. The van der Waals surface area contributed by atoms with Crippen LogP contribution in [0, 0.1) is 0 Å². The molecule has 9 nitrogen and oxygen atoms in total. The first-order chi connectivity index (χ1) is 16.4. The van der Waals surface area contributed by atoms with Gasteiger partial charge in [0.05, 0.1) is 27.6 Å². The molecule has 1 aromatic carbocycles. The average Bonchev–Trinajstić information content (AvgIpc) is 3.47. The maximum absolute atomic E-state index is 12.3. The molecule has 3 heterocycles. The summed E-state index contributed by atoms with van der Waals surface area (Å²) in [7, 11) is 3.93. The number of likely N-dealkylation sites (N-methyl/N-ethyl adjacent to an activating group) is 1. The fraction of sp³-hybridized carbons (Fsp3) is 0.217. The van der Waals surface area contributed by atoms with E-state index in [0.717, 1.165) is 6.54 Å². The van der Waals surface area contributed by atoms with Gasteiger partial charge in [-0.1, -0.05) is 22.9 Å². The molecule has 4 rings (SSSR count). The smallest absolute Gasteiger partial charge is 0.261 e. The molecule has 0 aliphatic rings. The number of halogens is 1. The fourth-order valence-electron chi connectivity index (χ4n) is 3.13. The fourth-order valence-corrected chi connectivity index (χ4v) is 4.09. The molecule has 34 heavy (non-hydrogen) atoms. The number of carbonyl (C=O) groups is 1. The SMILES string of the molecule is CN(C)CCOc1cc(-n2ccccc2=O)ccc1-n1cc(CNC(=O)c2ccc(Cl)s2)nn1. The zero-order valence-corrected chi connectivity index (χ0v) is 20.2. The van der Waals surface area contributed by atoms with Crippen LogP contribution in [-0.2, 0) is 6.54 Å². The second-order valence-electron chi connectivity index (χ2n) is 7.65. The number of ether oxygens (including phenoxy) is 1. The number of benzene rings is 1. The van der Waals surface area contributed by atoms with Crippen LogP contribution in [0.4, 0.5) is 0 Å². The van der Waals surface area contributed by atoms with Crippen LogP contribution in [0.5, 0.6) is 5.75 Å². The number of thiophene rings is 1. The predicted molar refractivity (Wildman–Crippen MR) is 132 cm³/mol. The van der Waals surface area contributed by atoms with E-state index in [4.69, 9.17) is 16.3 Å². The van der Waals surface area contributed by atoms with E-state index in [2.05, 4.69) is 15.6 Å². The van der Waals surface area contributed by atoms with Crippen LogP contribution in [0.25, 0.3) is 11.4 Å². The third kappa shape index (κ3) is 5.71. The molecule has 3 aromatic heterocycles. The van der Waals surface area contributed by atoms with Crippen LogP contribution in [0.2, 0.25) is 4.34 Å². The molecule has 0 unspecified atom stereocenters. The highest BCUT2D eigenvalue weighted by molar-refractivity contribution is 7.17. The minimum absolute atomic E-state index is 0.139. The van der Waals surface area contributed by atoms with Gasteiger partial charge in [0.1, 0.15) is 23.7 Å². The lowest BCUT2D eigenvalue weighted by atomic mass is 10.2. The van der Waals surface area contributed by atoms with Gasteiger partial charge in [-0.2, -0.15) is 0 Å². The van der Waals surface area contributed by atoms with Crippen LogP contribution in [0.15, 0.2) is 65.7 Å². The van der Waals surface area contributed by atoms with Crippen LogP contribution in [0.3, 0.4) is 0 Å². The molecule has 0 aliphatic heterocycles. The summed E-state index contributed by atoms with van der Waals surface area (Å²) in [6, 6.07) is 13.8. The van der Waals surface area contributed by atoms with Crippen molar-refractivity contribution in [3.05, 3.63) is 86.2 Å². The Kier molecular flexibility index (Phi) is 7.41. The van der Waals surface area contributed by atoms with Gasteiger partial charge in [0, 0.05) is 24.9 Å². The summed E-state index contributed by atoms with van der Waals surface area (Å²) < 4.78 is 9.73. The molecular formula is C23H23ClN6O3S. The topological polar surface area (TPSA) is 94.3 Å². The highest BCUT2D eigenvalue weighted by Crippen LogP contribution is 2.26. The van der Waals surface area contributed by atoms with E-state index in [1.54, 1.807) is 52.0 Å². The lowest BCUT2D eigenvalue weighted by Crippen LogP contribution is -2.21. The Bertz CT molecular complexity index is 1350. The first-order valence-electron chi connectivity index (χ1n) is 10.5. The molecule has 0 atom stereocenters. The number of carbonyl (C=O) groups excluding carboxylic acids is 1. The number of hydrogen-bond acceptors (Lipinski definition) is 7. The van der Waals surface area contributed by atoms with E-state index in [9.17, 15) is 9.59 Å². The van der Waals surface area contributed by atoms with Gasteiger partial charge in [-0.15, -0.1) is 16.4 Å². The Morgan fingerprint density at radius 3 is 2.79 bits per heavy atom. The number of hydrogen-bond donors (Lipinski definition) is 1. The Hall–Kier alpha value is -3.47. The maximum atomic E-state index is 12.3. The van der Waals surface area contributed by atoms with Gasteiger partial charge in [-0.25, -0.2) is 4.68 Å². The molecule has 11 heteroatoms. The van der Waals surface area contributed by atoms with E-state index in [0.29, 0.717) is 38.6 Å². The summed E-state index contributed by atoms with van der Waals surface area (Å²) in [5.41, 5.74) is 1.79. The number of amides is 1. The molecule has 0 radical (unpaired) electrons. The van der Waals surface area contributed by atoms with E-state index < -0.39 is 0 Å². The van der Waals surface area contributed by atoms with E-state index in [-0.39, 0.29) is 18.0 Å². The minimum atomic E-state index is -0.225. The predicted octanol–water partition coefficient (Wildman–Crippen LogP) is 3.00. The van der Waals surface area contributed by atoms with Crippen molar-refractivity contribution in [1.29, 1.82) is 0 Å². The van der Waals surface area contributed by atoms with Gasteiger partial charge >= 0.3 is 0 Å². The van der Waals surface area contributed by atoms with E-state index in [1.807, 2.05) is 31.1 Å². The summed E-state index contributed by atoms with van der Waals surface area (Å²) in [6.07, 6.45) is 3.43. The number of pyridine rings is 1. The molecule has 1 amide bonds. The molecule has 0 spiro atoms. The molecule has 4 aromatic rings. The average molecular weight is 499 g/mol. The first-order valence-corrected chi connectivity index (χ1v) is 11.6. The van der Waals surface area contributed by atoms with Crippen LogP contribution in [0.1, 0.15) is 15.4 Å². The summed E-state index contributed by atoms with van der Waals surface area (Å²) in [5.74, 6) is 0.334. The van der Waals surface area contributed by atoms with Crippen molar-refractivity contribution >= 4 is 28.8 Å².